The van der Waals surface area contributed by atoms with Crippen LogP contribution in [0.1, 0.15) is 163 Å². The van der Waals surface area contributed by atoms with Crippen LogP contribution < -0.4 is 0 Å². The van der Waals surface area contributed by atoms with Gasteiger partial charge in [-0.2, -0.15) is 25.5 Å². The number of rotatable bonds is 0. The van der Waals surface area contributed by atoms with E-state index >= 15 is 0 Å². The molecule has 0 bridgehead atoms. The summed E-state index contributed by atoms with van der Waals surface area (Å²) < 4.78 is 0. The van der Waals surface area contributed by atoms with Gasteiger partial charge < -0.3 is 0 Å². The zero-order valence-corrected chi connectivity index (χ0v) is 74.7. The molecule has 0 fully saturated rings. The molecule has 0 aliphatic carbocycles. The van der Waals surface area contributed by atoms with E-state index in [1.807, 2.05) is 163 Å². The van der Waals surface area contributed by atoms with Gasteiger partial charge >= 0.3 is 0 Å². The van der Waals surface area contributed by atoms with Gasteiger partial charge in [0.15, 0.2) is 34.9 Å². The largest absolute Gasteiger partial charge is 0.264 e. The number of nitrogens with zero attached hydrogens (tertiary/aromatic N) is 35. The number of benzene rings is 1. The van der Waals surface area contributed by atoms with Crippen molar-refractivity contribution in [2.75, 3.05) is 0 Å². The zero-order valence-electron chi connectivity index (χ0n) is 74.7. The number of pyridine rings is 4. The number of para-hydroxylation sites is 1. The van der Waals surface area contributed by atoms with E-state index in [0.29, 0.717) is 5.82 Å². The minimum absolute atomic E-state index is 0.681. The van der Waals surface area contributed by atoms with E-state index in [9.17, 15) is 0 Å². The Morgan fingerprint density at radius 2 is 0.538 bits per heavy atom. The average Bonchev–Trinajstić information content (AvgIpc) is 1.82. The van der Waals surface area contributed by atoms with Crippen LogP contribution in [0.4, 0.5) is 74.7 Å². The predicted molar refractivity (Wildman–Crippen MR) is 509 cm³/mol. The van der Waals surface area contributed by atoms with Gasteiger partial charge in [0.25, 0.3) is 0 Å². The first kappa shape index (κ1) is 90.3. The lowest BCUT2D eigenvalue weighted by molar-refractivity contribution is 0.923. The van der Waals surface area contributed by atoms with Crippen LogP contribution in [-0.2, 0) is 83.5 Å². The lowest BCUT2D eigenvalue weighted by atomic mass is 10.1. The lowest BCUT2D eigenvalue weighted by Crippen LogP contribution is -1.93. The highest BCUT2D eigenvalue weighted by Gasteiger charge is 2.20. The Labute approximate surface area is 752 Å². The third-order valence-corrected chi connectivity index (χ3v) is 20.1. The van der Waals surface area contributed by atoms with Gasteiger partial charge in [-0.3, -0.25) is 54.9 Å². The molecule has 13 aliphatic heterocycles. The molecule has 0 saturated carbocycles. The monoisotopic (exact) mass is 1730 g/mol. The van der Waals surface area contributed by atoms with Crippen molar-refractivity contribution in [3.63, 3.8) is 0 Å². The van der Waals surface area contributed by atoms with Crippen LogP contribution in [0.5, 0.6) is 0 Å². The van der Waals surface area contributed by atoms with Crippen LogP contribution in [0.15, 0.2) is 250 Å². The summed E-state index contributed by atoms with van der Waals surface area (Å²) in [5.41, 5.74) is 36.6. The van der Waals surface area contributed by atoms with E-state index in [2.05, 4.69) is 207 Å². The molecule has 12 aromatic heterocycles. The molecule has 0 radical (unpaired) electrons. The maximum absolute atomic E-state index is 4.37. The fraction of sp³-hybridized carbons (Fsp3) is 0.274. The molecule has 0 atom stereocenters. The minimum atomic E-state index is 0.681. The summed E-state index contributed by atoms with van der Waals surface area (Å²) in [6, 6.07) is 24.0. The second-order valence-corrected chi connectivity index (χ2v) is 31.6. The molecular formula is C95H95N35. The Morgan fingerprint density at radius 1 is 0.169 bits per heavy atom. The van der Waals surface area contributed by atoms with E-state index < -0.39 is 0 Å². The topological polar surface area (TPSA) is 444 Å². The van der Waals surface area contributed by atoms with E-state index in [4.69, 9.17) is 0 Å². The molecule has 0 amide bonds. The molecule has 35 heteroatoms. The maximum atomic E-state index is 4.37. The maximum Gasteiger partial charge on any atom is 0.196 e. The van der Waals surface area contributed by atoms with Gasteiger partial charge in [0, 0.05) is 235 Å². The molecule has 0 unspecified atom stereocenters. The number of aromatic nitrogens is 22. The van der Waals surface area contributed by atoms with E-state index in [1.165, 1.54) is 69.5 Å². The lowest BCUT2D eigenvalue weighted by Gasteiger charge is -1.91. The standard InChI is InChI=1S/C9H9N.4C8H8N2.6C7H7N3.2C6H6N4/c1-7-6-8-4-2-3-5-9(8)10-7;1-6-4-7-5-9-3-2-8(7)10-6;1-6-4-7-2-3-9-5-8(7)10-6;1-6-5-8-7(10-6)3-2-4-9-8;1-6-5-7-3-2-4-9-8(7)10-6;1-5-2-6-7(10-5)3-8-4-9-6;1-5-2-6-3-8-4-9-7(6)10-5;1-5-2-6-3-8-9-4-7(6)10-5;1-5-4-6-7(10-5)9-3-2-8-6;1-5-4-7-6(9-5)2-3-8-10-7;1-5-4-6-2-3-8-10-7(6)9-5;1-4-2-5-6(9-4)7-3-8-10-5;1-4-2-5-6(9-4)10-8-3-7-5/h2-5H,6H2,1H3;2*2-3,5H,4H2,1H3;2*2-4H,5H2,1H3;3*3-4H,2H2,1H3;3*2-3H,4H2,1H3;2*3H,2H2,1H3. The summed E-state index contributed by atoms with van der Waals surface area (Å²) in [5, 5.41) is 37.8. The first-order valence-corrected chi connectivity index (χ1v) is 42.2. The average molecular weight is 1730 g/mol. The zero-order chi connectivity index (χ0) is 90.7. The number of hydrogen-bond acceptors (Lipinski definition) is 35. The fourth-order valence-corrected chi connectivity index (χ4v) is 14.3. The van der Waals surface area contributed by atoms with Crippen LogP contribution in [0.25, 0.3) is 0 Å². The quantitative estimate of drug-likeness (QED) is 0.136. The van der Waals surface area contributed by atoms with Crippen LogP contribution in [-0.4, -0.2) is 185 Å². The third-order valence-electron chi connectivity index (χ3n) is 20.1. The van der Waals surface area contributed by atoms with Crippen LogP contribution in [0.3, 0.4) is 0 Å². The molecule has 35 nitrogen and oxygen atoms in total. The number of fused-ring (bicyclic) bond motifs is 13. The van der Waals surface area contributed by atoms with Crippen molar-refractivity contribution in [1.29, 1.82) is 0 Å². The van der Waals surface area contributed by atoms with Crippen molar-refractivity contribution < 1.29 is 0 Å². The van der Waals surface area contributed by atoms with Crippen molar-refractivity contribution in [1.82, 2.24) is 111 Å². The molecule has 1 aromatic carbocycles. The molecular weight excluding hydrogens is 1630 g/mol. The van der Waals surface area contributed by atoms with Gasteiger partial charge in [-0.15, -0.1) is 25.5 Å². The molecule has 13 aromatic rings. The second-order valence-electron chi connectivity index (χ2n) is 31.6. The SMILES string of the molecule is CC1=Nc2ccccc2C1.CC1=Nc2cccnc2C1.CC1=Nc2ccncc2C1.CC1=Nc2ccnnc2C1.CC1=Nc2cnccc2C1.CC1=Nc2cncnc2C1.CC1=Nc2cnncc2C1.CC1=Nc2ncccc2C1.CC1=Nc2nccnc2C1.CC1=Nc2ncncc2C1.CC1=Nc2ncnnc2C1.CC1=Nc2nnccc2C1.CC1=Nc2nncnc2C1. The van der Waals surface area contributed by atoms with Crippen LogP contribution in [0.2, 0.25) is 0 Å². The minimum Gasteiger partial charge on any atom is -0.264 e. The molecule has 0 spiro atoms. The van der Waals surface area contributed by atoms with Gasteiger partial charge in [0.05, 0.1) is 99.8 Å². The van der Waals surface area contributed by atoms with Crippen molar-refractivity contribution >= 4 is 149 Å². The Bertz CT molecular complexity index is 5250. The van der Waals surface area contributed by atoms with E-state index in [-0.39, 0.29) is 0 Å². The highest BCUT2D eigenvalue weighted by molar-refractivity contribution is 5.98. The third kappa shape index (κ3) is 25.9. The number of aliphatic imine (C=N–C) groups is 13. The van der Waals surface area contributed by atoms with Gasteiger partial charge in [-0.25, -0.2) is 69.8 Å². The second kappa shape index (κ2) is 44.3. The highest BCUT2D eigenvalue weighted by atomic mass is 15.2. The molecule has 13 aliphatic rings. The smallest absolute Gasteiger partial charge is 0.196 e. The van der Waals surface area contributed by atoms with Crippen molar-refractivity contribution in [3.8, 4) is 0 Å². The first-order chi connectivity index (χ1) is 63.2. The summed E-state index contributed by atoms with van der Waals surface area (Å²) in [4.78, 5) is 104. The Balaban J connectivity index is 0.000000114. The Hall–Kier alpha value is -16.0. The summed E-state index contributed by atoms with van der Waals surface area (Å²) in [7, 11) is 0. The van der Waals surface area contributed by atoms with Gasteiger partial charge in [-0.05, 0) is 150 Å². The predicted octanol–water partition coefficient (Wildman–Crippen LogP) is 17.0. The Kier molecular flexibility index (Phi) is 30.7. The summed E-state index contributed by atoms with van der Waals surface area (Å²) >= 11 is 0. The van der Waals surface area contributed by atoms with Gasteiger partial charge in [0.2, 0.25) is 0 Å². The van der Waals surface area contributed by atoms with E-state index in [1.54, 1.807) is 62.1 Å². The molecule has 650 valence electrons. The summed E-state index contributed by atoms with van der Waals surface area (Å²) in [5.74, 6) is 4.74. The molecule has 26 rings (SSSR count). The summed E-state index contributed by atoms with van der Waals surface area (Å²) in [6.07, 6.45) is 42.6. The normalized spacial score (nSPS) is 14.7. The van der Waals surface area contributed by atoms with Crippen molar-refractivity contribution in [3.05, 3.63) is 258 Å². The molecule has 0 N–H and O–H groups in total. The van der Waals surface area contributed by atoms with Gasteiger partial charge in [0.1, 0.15) is 36.7 Å². The van der Waals surface area contributed by atoms with Crippen LogP contribution >= 0.6 is 0 Å². The fourth-order valence-electron chi connectivity index (χ4n) is 14.3. The first-order valence-electron chi connectivity index (χ1n) is 42.2. The molecule has 25 heterocycles. The van der Waals surface area contributed by atoms with E-state index in [0.717, 1.165) is 249 Å². The Morgan fingerprint density at radius 3 is 1.19 bits per heavy atom. The number of hydrogen-bond donors (Lipinski definition) is 0. The summed E-state index contributed by atoms with van der Waals surface area (Å²) in [6.45, 7) is 26.1. The van der Waals surface area contributed by atoms with Crippen molar-refractivity contribution in [2.45, 2.75) is 173 Å². The van der Waals surface area contributed by atoms with Crippen LogP contribution in [0, 0.1) is 0 Å². The van der Waals surface area contributed by atoms with Gasteiger partial charge in [-0.1, -0.05) is 24.3 Å². The molecule has 0 saturated heterocycles. The highest BCUT2D eigenvalue weighted by Crippen LogP contribution is 2.32. The van der Waals surface area contributed by atoms with Crippen molar-refractivity contribution in [2.24, 2.45) is 64.9 Å². The molecule has 130 heavy (non-hydrogen) atoms.